The molecule has 2 atom stereocenters. The number of carboxylic acid groups (broad SMARTS) is 1. The van der Waals surface area contributed by atoms with Gasteiger partial charge in [-0.05, 0) is 88.4 Å². The first-order chi connectivity index (χ1) is 27.0. The van der Waals surface area contributed by atoms with Gasteiger partial charge in [0.15, 0.2) is 5.71 Å². The number of aliphatic carboxylic acids is 1. The first-order valence-corrected chi connectivity index (χ1v) is 21.9. The summed E-state index contributed by atoms with van der Waals surface area (Å²) in [6.07, 6.45) is 12.6. The van der Waals surface area contributed by atoms with Gasteiger partial charge in [-0.25, -0.2) is 8.42 Å². The second kappa shape index (κ2) is 20.3. The average molecular weight is 833 g/mol. The molecule has 0 bridgehead atoms. The lowest BCUT2D eigenvalue weighted by molar-refractivity contribution is -0.438. The van der Waals surface area contributed by atoms with Gasteiger partial charge in [-0.1, -0.05) is 18.2 Å². The number of carbonyl (C=O) groups is 1. The van der Waals surface area contributed by atoms with Crippen LogP contribution >= 0.6 is 0 Å². The van der Waals surface area contributed by atoms with Crippen LogP contribution in [0.15, 0.2) is 82.3 Å². The number of unbranched alkanes of at least 4 members (excludes halogenated alkanes) is 2. The molecule has 4 rings (SSSR count). The molecule has 2 aromatic rings. The smallest absolute Gasteiger partial charge is 0.303 e. The van der Waals surface area contributed by atoms with Crippen molar-refractivity contribution >= 4 is 43.3 Å². The highest BCUT2D eigenvalue weighted by Crippen LogP contribution is 2.50. The average Bonchev–Trinajstić information content (AvgIpc) is 3.53. The third-order valence-electron chi connectivity index (χ3n) is 10.7. The fourth-order valence-electron chi connectivity index (χ4n) is 7.61. The number of likely N-dealkylation sites (N-methyl/N-ethyl adjacent to an activating group) is 1. The Balaban J connectivity index is 1.75. The van der Waals surface area contributed by atoms with E-state index in [1.54, 1.807) is 26.4 Å². The number of allylic oxidation sites excluding steroid dienone is 6. The lowest BCUT2D eigenvalue weighted by Gasteiger charge is -2.30. The molecule has 0 fully saturated rings. The van der Waals surface area contributed by atoms with Crippen molar-refractivity contribution in [3.05, 3.63) is 83.6 Å². The van der Waals surface area contributed by atoms with Crippen LogP contribution in [0.25, 0.3) is 0 Å². The Hall–Kier alpha value is -3.74. The number of hydrogen-bond acceptors (Lipinski definition) is 11. The van der Waals surface area contributed by atoms with Crippen molar-refractivity contribution in [1.29, 1.82) is 0 Å². The number of fused-ring (bicyclic) bond motifs is 2. The maximum atomic E-state index is 12.2. The first-order valence-electron chi connectivity index (χ1n) is 19.1. The maximum Gasteiger partial charge on any atom is 0.303 e. The minimum atomic E-state index is -4.74. The number of rotatable bonds is 24. The number of methoxy groups -OCH3 is 2. The largest absolute Gasteiger partial charge is 0.744 e. The molecule has 16 heteroatoms. The summed E-state index contributed by atoms with van der Waals surface area (Å²) >= 11 is 0. The molecule has 0 radical (unpaired) electrons. The van der Waals surface area contributed by atoms with Crippen molar-refractivity contribution in [2.75, 3.05) is 71.9 Å². The van der Waals surface area contributed by atoms with E-state index in [9.17, 15) is 30.7 Å². The molecule has 314 valence electrons. The van der Waals surface area contributed by atoms with Crippen molar-refractivity contribution < 1.29 is 59.4 Å². The van der Waals surface area contributed by atoms with Crippen LogP contribution in [-0.4, -0.2) is 114 Å². The van der Waals surface area contributed by atoms with Gasteiger partial charge >= 0.3 is 5.97 Å². The van der Waals surface area contributed by atoms with Crippen LogP contribution in [-0.2, 0) is 54.8 Å². The van der Waals surface area contributed by atoms with E-state index in [0.717, 1.165) is 28.3 Å². The van der Waals surface area contributed by atoms with Crippen LogP contribution in [0.4, 0.5) is 11.4 Å². The summed E-state index contributed by atoms with van der Waals surface area (Å²) in [5.41, 5.74) is 3.39. The van der Waals surface area contributed by atoms with Crippen molar-refractivity contribution in [1.82, 2.24) is 0 Å². The van der Waals surface area contributed by atoms with Gasteiger partial charge in [-0.3, -0.25) is 9.35 Å². The minimum absolute atomic E-state index is 0.0662. The molecule has 0 spiro atoms. The molecule has 2 aliphatic rings. The van der Waals surface area contributed by atoms with Gasteiger partial charge in [0.1, 0.15) is 16.7 Å². The highest BCUT2D eigenvalue weighted by Gasteiger charge is 2.48. The molecule has 57 heavy (non-hydrogen) atoms. The molecule has 0 saturated heterocycles. The number of hydrogen-bond donors (Lipinski definition) is 2. The van der Waals surface area contributed by atoms with Gasteiger partial charge in [0, 0.05) is 81.3 Å². The summed E-state index contributed by atoms with van der Waals surface area (Å²) in [5.74, 6) is -0.854. The van der Waals surface area contributed by atoms with Gasteiger partial charge in [0.25, 0.3) is 10.1 Å². The molecule has 2 heterocycles. The molecular formula is C41H56N2O12S2. The summed E-state index contributed by atoms with van der Waals surface area (Å²) in [6.45, 7) is 9.49. The van der Waals surface area contributed by atoms with Crippen LogP contribution in [0.2, 0.25) is 0 Å². The summed E-state index contributed by atoms with van der Waals surface area (Å²) in [6, 6.07) is 9.08. The zero-order valence-electron chi connectivity index (χ0n) is 33.4. The molecule has 2 aliphatic heterocycles. The molecule has 2 N–H and O–H groups in total. The van der Waals surface area contributed by atoms with Crippen LogP contribution in [0, 0.1) is 0 Å². The lowest BCUT2D eigenvalue weighted by atomic mass is 9.76. The topological polar surface area (TPSA) is 192 Å². The quantitative estimate of drug-likeness (QED) is 0.0564. The Labute approximate surface area is 337 Å². The van der Waals surface area contributed by atoms with E-state index in [2.05, 4.69) is 9.48 Å². The van der Waals surface area contributed by atoms with Gasteiger partial charge in [-0.2, -0.15) is 13.0 Å². The Morgan fingerprint density at radius 1 is 0.825 bits per heavy atom. The van der Waals surface area contributed by atoms with Gasteiger partial charge in [0.2, 0.25) is 5.69 Å². The summed E-state index contributed by atoms with van der Waals surface area (Å²) in [7, 11) is -6.00. The number of nitrogens with zero attached hydrogens (tertiary/aromatic N) is 2. The fraction of sp³-hybridized carbons (Fsp3) is 0.512. The first kappa shape index (κ1) is 46.0. The third kappa shape index (κ3) is 11.3. The second-order valence-electron chi connectivity index (χ2n) is 14.4. The highest BCUT2D eigenvalue weighted by atomic mass is 32.2. The van der Waals surface area contributed by atoms with E-state index >= 15 is 0 Å². The number of benzene rings is 2. The van der Waals surface area contributed by atoms with Crippen LogP contribution < -0.4 is 4.90 Å². The van der Waals surface area contributed by atoms with E-state index in [1.807, 2.05) is 51.2 Å². The second-order valence-corrected chi connectivity index (χ2v) is 17.2. The Bertz CT molecular complexity index is 2080. The van der Waals surface area contributed by atoms with Crippen molar-refractivity contribution in [2.24, 2.45) is 0 Å². The summed E-state index contributed by atoms with van der Waals surface area (Å²) in [4.78, 5) is 12.8. The Kier molecular flexibility index (Phi) is 16.4. The standard InChI is InChI=1S/C41H56N2O12S2/c1-6-42-35-18-16-31(56(46,47)48)29-33(35)40(2,20-23-54-27-25-52-4)37(42)13-9-7-10-14-38-41(3,21-24-55-28-26-53-5)34-30-32(57(49,50)51)17-19-36(34)43(38)22-12-8-11-15-39(44)45/h7,9-10,13-14,16-19,29-30H,6,8,11-12,15,20-28H2,1-5H3,(H2-,44,45,46,47,48,49,50,51). The van der Waals surface area contributed by atoms with E-state index in [-0.39, 0.29) is 16.2 Å². The van der Waals surface area contributed by atoms with Crippen LogP contribution in [0.3, 0.4) is 0 Å². The third-order valence-corrected chi connectivity index (χ3v) is 12.4. The predicted molar refractivity (Wildman–Crippen MR) is 215 cm³/mol. The molecule has 0 aromatic heterocycles. The minimum Gasteiger partial charge on any atom is -0.744 e. The molecule has 0 amide bonds. The summed E-state index contributed by atoms with van der Waals surface area (Å²) in [5, 5.41) is 9.14. The molecule has 14 nitrogen and oxygen atoms in total. The normalized spacial score (nSPS) is 20.4. The molecule has 0 saturated carbocycles. The maximum absolute atomic E-state index is 12.2. The van der Waals surface area contributed by atoms with Crippen molar-refractivity contribution in [3.63, 3.8) is 0 Å². The van der Waals surface area contributed by atoms with Crippen LogP contribution in [0.1, 0.15) is 70.4 Å². The molecule has 0 aliphatic carbocycles. The number of anilines is 1. The zero-order chi connectivity index (χ0) is 41.9. The summed E-state index contributed by atoms with van der Waals surface area (Å²) < 4.78 is 94.8. The Morgan fingerprint density at radius 2 is 1.46 bits per heavy atom. The van der Waals surface area contributed by atoms with E-state index in [0.29, 0.717) is 90.4 Å². The molecular weight excluding hydrogens is 777 g/mol. The molecule has 2 unspecified atom stereocenters. The highest BCUT2D eigenvalue weighted by molar-refractivity contribution is 7.86. The van der Waals surface area contributed by atoms with E-state index in [1.165, 1.54) is 24.3 Å². The monoisotopic (exact) mass is 832 g/mol. The van der Waals surface area contributed by atoms with Gasteiger partial charge in [0.05, 0.1) is 41.6 Å². The fourth-order valence-corrected chi connectivity index (χ4v) is 8.61. The SMILES string of the molecule is CCN1/C(=C/C=C/C=C/C2=[N+](CCCCCC(=O)O)c3ccc(S(=O)(=O)[O-])cc3C2(C)CCOCCOC)C(C)(CCOCCOC)c2cc(S(=O)(=O)O)ccc21. The van der Waals surface area contributed by atoms with Crippen molar-refractivity contribution in [3.8, 4) is 0 Å². The number of ether oxygens (including phenoxy) is 4. The zero-order valence-corrected chi connectivity index (χ0v) is 35.1. The Morgan fingerprint density at radius 3 is 2.05 bits per heavy atom. The van der Waals surface area contributed by atoms with Gasteiger partial charge in [-0.15, -0.1) is 0 Å². The van der Waals surface area contributed by atoms with Crippen molar-refractivity contribution in [2.45, 2.75) is 79.9 Å². The van der Waals surface area contributed by atoms with Gasteiger partial charge < -0.3 is 33.5 Å². The lowest BCUT2D eigenvalue weighted by Crippen LogP contribution is -2.33. The predicted octanol–water partition coefficient (Wildman–Crippen LogP) is 5.74. The number of carboxylic acids is 1. The van der Waals surface area contributed by atoms with Crippen LogP contribution in [0.5, 0.6) is 0 Å². The van der Waals surface area contributed by atoms with E-state index in [4.69, 9.17) is 24.1 Å². The molecule has 2 aromatic carbocycles. The van der Waals surface area contributed by atoms with E-state index < -0.39 is 37.0 Å².